The van der Waals surface area contributed by atoms with Crippen molar-refractivity contribution in [2.24, 2.45) is 0 Å². The molecule has 0 aromatic rings. The maximum atomic E-state index is 11.3. The van der Waals surface area contributed by atoms with Gasteiger partial charge in [-0.2, -0.15) is 0 Å². The van der Waals surface area contributed by atoms with Crippen LogP contribution in [0.4, 0.5) is 0 Å². The van der Waals surface area contributed by atoms with Crippen molar-refractivity contribution < 1.29 is 23.8 Å². The number of carbonyl (C=O) groups is 2. The molecule has 0 spiro atoms. The van der Waals surface area contributed by atoms with Gasteiger partial charge >= 0.3 is 11.9 Å². The summed E-state index contributed by atoms with van der Waals surface area (Å²) in [5.41, 5.74) is 0. The molecule has 0 bridgehead atoms. The maximum absolute atomic E-state index is 11.3. The Morgan fingerprint density at radius 3 is 2.32 bits per heavy atom. The molecular formula is C13H23NO5. The second kappa shape index (κ2) is 8.87. The fraction of sp³-hybridized carbons (Fsp3) is 0.846. The lowest BCUT2D eigenvalue weighted by Gasteiger charge is -2.20. The van der Waals surface area contributed by atoms with E-state index in [4.69, 9.17) is 4.74 Å². The van der Waals surface area contributed by atoms with Crippen LogP contribution in [-0.4, -0.2) is 63.4 Å². The molecule has 1 unspecified atom stereocenters. The van der Waals surface area contributed by atoms with Gasteiger partial charge in [-0.3, -0.25) is 14.5 Å². The Kier molecular flexibility index (Phi) is 7.43. The summed E-state index contributed by atoms with van der Waals surface area (Å²) in [5, 5.41) is 0. The van der Waals surface area contributed by atoms with Crippen molar-refractivity contribution in [2.75, 3.05) is 40.5 Å². The van der Waals surface area contributed by atoms with Gasteiger partial charge in [-0.25, -0.2) is 0 Å². The molecule has 0 aliphatic carbocycles. The molecule has 6 heteroatoms. The molecule has 110 valence electrons. The highest BCUT2D eigenvalue weighted by Crippen LogP contribution is 2.16. The zero-order valence-corrected chi connectivity index (χ0v) is 11.7. The summed E-state index contributed by atoms with van der Waals surface area (Å²) < 4.78 is 14.8. The van der Waals surface area contributed by atoms with Crippen LogP contribution in [0.3, 0.4) is 0 Å². The van der Waals surface area contributed by atoms with Crippen LogP contribution in [0.1, 0.15) is 25.7 Å². The third-order valence-corrected chi connectivity index (χ3v) is 3.19. The summed E-state index contributed by atoms with van der Waals surface area (Å²) in [4.78, 5) is 24.3. The van der Waals surface area contributed by atoms with E-state index in [1.807, 2.05) is 0 Å². The first-order valence-electron chi connectivity index (χ1n) is 6.63. The van der Waals surface area contributed by atoms with Crippen LogP contribution >= 0.6 is 0 Å². The standard InChI is InChI=1S/C13H23NO5/c1-17-12(15)9-14(10-13(16)18-2)7-3-5-11-6-4-8-19-11/h11H,3-10H2,1-2H3. The third-order valence-electron chi connectivity index (χ3n) is 3.19. The normalized spacial score (nSPS) is 18.6. The van der Waals surface area contributed by atoms with E-state index in [-0.39, 0.29) is 25.0 Å². The van der Waals surface area contributed by atoms with Crippen LogP contribution < -0.4 is 0 Å². The minimum atomic E-state index is -0.346. The van der Waals surface area contributed by atoms with Gasteiger partial charge in [0.1, 0.15) is 0 Å². The number of methoxy groups -OCH3 is 2. The second-order valence-corrected chi connectivity index (χ2v) is 4.64. The van der Waals surface area contributed by atoms with Crippen molar-refractivity contribution in [3.63, 3.8) is 0 Å². The number of nitrogens with zero attached hydrogens (tertiary/aromatic N) is 1. The zero-order valence-electron chi connectivity index (χ0n) is 11.7. The molecule has 1 aliphatic heterocycles. The Morgan fingerprint density at radius 2 is 1.84 bits per heavy atom. The molecular weight excluding hydrogens is 250 g/mol. The van der Waals surface area contributed by atoms with Crippen LogP contribution in [0.5, 0.6) is 0 Å². The van der Waals surface area contributed by atoms with Gasteiger partial charge in [0.2, 0.25) is 0 Å². The first kappa shape index (κ1) is 15.9. The van der Waals surface area contributed by atoms with Gasteiger partial charge in [-0.05, 0) is 32.2 Å². The topological polar surface area (TPSA) is 65.1 Å². The highest BCUT2D eigenvalue weighted by molar-refractivity contribution is 5.74. The Morgan fingerprint density at radius 1 is 1.21 bits per heavy atom. The summed E-state index contributed by atoms with van der Waals surface area (Å²) in [6.07, 6.45) is 4.41. The number of carbonyl (C=O) groups excluding carboxylic acids is 2. The number of ether oxygens (including phenoxy) is 3. The molecule has 1 fully saturated rings. The lowest BCUT2D eigenvalue weighted by Crippen LogP contribution is -2.36. The fourth-order valence-corrected chi connectivity index (χ4v) is 2.12. The molecule has 1 aliphatic rings. The van der Waals surface area contributed by atoms with E-state index in [0.29, 0.717) is 12.6 Å². The summed E-state index contributed by atoms with van der Waals surface area (Å²) in [6.45, 7) is 1.72. The van der Waals surface area contributed by atoms with Crippen LogP contribution in [0.2, 0.25) is 0 Å². The van der Waals surface area contributed by atoms with Crippen LogP contribution in [0, 0.1) is 0 Å². The van der Waals surface area contributed by atoms with Crippen molar-refractivity contribution in [2.45, 2.75) is 31.8 Å². The van der Waals surface area contributed by atoms with E-state index in [1.165, 1.54) is 14.2 Å². The number of rotatable bonds is 8. The Labute approximate surface area is 114 Å². The Balaban J connectivity index is 2.29. The van der Waals surface area contributed by atoms with E-state index in [9.17, 15) is 9.59 Å². The van der Waals surface area contributed by atoms with Gasteiger partial charge < -0.3 is 14.2 Å². The van der Waals surface area contributed by atoms with Crippen molar-refractivity contribution in [3.8, 4) is 0 Å². The average molecular weight is 273 g/mol. The molecule has 0 radical (unpaired) electrons. The predicted octanol–water partition coefficient (Wildman–Crippen LogP) is 0.594. The molecule has 1 atom stereocenters. The van der Waals surface area contributed by atoms with Crippen LogP contribution in [0.15, 0.2) is 0 Å². The zero-order chi connectivity index (χ0) is 14.1. The maximum Gasteiger partial charge on any atom is 0.319 e. The smallest absolute Gasteiger partial charge is 0.319 e. The van der Waals surface area contributed by atoms with Crippen molar-refractivity contribution in [3.05, 3.63) is 0 Å². The number of esters is 2. The van der Waals surface area contributed by atoms with Crippen molar-refractivity contribution in [1.82, 2.24) is 4.90 Å². The molecule has 1 saturated heterocycles. The van der Waals surface area contributed by atoms with Crippen LogP contribution in [0.25, 0.3) is 0 Å². The van der Waals surface area contributed by atoms with Gasteiger partial charge in [0.15, 0.2) is 0 Å². The fourth-order valence-electron chi connectivity index (χ4n) is 2.12. The molecule has 0 aromatic carbocycles. The summed E-state index contributed by atoms with van der Waals surface area (Å²) >= 11 is 0. The third kappa shape index (κ3) is 6.54. The lowest BCUT2D eigenvalue weighted by atomic mass is 10.1. The van der Waals surface area contributed by atoms with Gasteiger partial charge in [-0.1, -0.05) is 0 Å². The molecule has 19 heavy (non-hydrogen) atoms. The van der Waals surface area contributed by atoms with Crippen molar-refractivity contribution in [1.29, 1.82) is 0 Å². The second-order valence-electron chi connectivity index (χ2n) is 4.64. The summed E-state index contributed by atoms with van der Waals surface area (Å²) in [5.74, 6) is -0.693. The largest absolute Gasteiger partial charge is 0.468 e. The Hall–Kier alpha value is -1.14. The minimum Gasteiger partial charge on any atom is -0.468 e. The molecule has 6 nitrogen and oxygen atoms in total. The first-order valence-corrected chi connectivity index (χ1v) is 6.63. The minimum absolute atomic E-state index is 0.108. The summed E-state index contributed by atoms with van der Waals surface area (Å²) in [6, 6.07) is 0. The lowest BCUT2D eigenvalue weighted by molar-refractivity contribution is -0.145. The van der Waals surface area contributed by atoms with Crippen LogP contribution in [-0.2, 0) is 23.8 Å². The molecule has 0 N–H and O–H groups in total. The van der Waals surface area contributed by atoms with E-state index in [1.54, 1.807) is 4.90 Å². The predicted molar refractivity (Wildman–Crippen MR) is 68.7 cm³/mol. The van der Waals surface area contributed by atoms with E-state index >= 15 is 0 Å². The first-order chi connectivity index (χ1) is 9.15. The number of hydrogen-bond donors (Lipinski definition) is 0. The quantitative estimate of drug-likeness (QED) is 0.603. The average Bonchev–Trinajstić information content (AvgIpc) is 2.91. The SMILES string of the molecule is COC(=O)CN(CCCC1CCCO1)CC(=O)OC. The molecule has 0 saturated carbocycles. The molecule has 0 amide bonds. The Bertz CT molecular complexity index is 271. The molecule has 1 rings (SSSR count). The molecule has 0 aromatic heterocycles. The van der Waals surface area contributed by atoms with Gasteiger partial charge in [0, 0.05) is 6.61 Å². The van der Waals surface area contributed by atoms with E-state index in [2.05, 4.69) is 9.47 Å². The van der Waals surface area contributed by atoms with Gasteiger partial charge in [-0.15, -0.1) is 0 Å². The van der Waals surface area contributed by atoms with Gasteiger partial charge in [0.05, 0.1) is 33.4 Å². The van der Waals surface area contributed by atoms with Gasteiger partial charge in [0.25, 0.3) is 0 Å². The van der Waals surface area contributed by atoms with Crippen molar-refractivity contribution >= 4 is 11.9 Å². The monoisotopic (exact) mass is 273 g/mol. The van der Waals surface area contributed by atoms with E-state index < -0.39 is 0 Å². The number of hydrogen-bond acceptors (Lipinski definition) is 6. The van der Waals surface area contributed by atoms with E-state index in [0.717, 1.165) is 32.3 Å². The molecule has 1 heterocycles. The summed E-state index contributed by atoms with van der Waals surface area (Å²) in [7, 11) is 2.68. The highest BCUT2D eigenvalue weighted by Gasteiger charge is 2.18. The highest BCUT2D eigenvalue weighted by atomic mass is 16.5.